The maximum Gasteiger partial charge on any atom is 0.150 e. The van der Waals surface area contributed by atoms with Gasteiger partial charge in [0.05, 0.1) is 23.3 Å². The molecule has 136 valence electrons. The molecule has 24 heavy (non-hydrogen) atoms. The van der Waals surface area contributed by atoms with Crippen molar-refractivity contribution in [1.29, 1.82) is 0 Å². The molecule has 0 spiro atoms. The standard InChI is InChI=1S/C20H36O2Si2/c1-8-23(9-2,10-3)18-14-17(16-21)15-19(20(18)22-7)24(11-4,12-5)13-6/h14-16H,8-13H2,1-7H3. The molecule has 0 bridgehead atoms. The number of rotatable bonds is 10. The van der Waals surface area contributed by atoms with E-state index in [9.17, 15) is 4.79 Å². The monoisotopic (exact) mass is 364 g/mol. The molecule has 1 aromatic rings. The molecule has 4 heteroatoms. The highest BCUT2D eigenvalue weighted by Gasteiger charge is 2.38. The van der Waals surface area contributed by atoms with Gasteiger partial charge in [-0.2, -0.15) is 0 Å². The van der Waals surface area contributed by atoms with Crippen molar-refractivity contribution in [3.8, 4) is 5.75 Å². The van der Waals surface area contributed by atoms with E-state index in [1.165, 1.54) is 46.6 Å². The molecular weight excluding hydrogens is 328 g/mol. The zero-order valence-electron chi connectivity index (χ0n) is 16.8. The maximum absolute atomic E-state index is 11.7. The lowest BCUT2D eigenvalue weighted by molar-refractivity contribution is 0.112. The molecule has 0 aromatic heterocycles. The lowest BCUT2D eigenvalue weighted by Gasteiger charge is -2.36. The van der Waals surface area contributed by atoms with Crippen molar-refractivity contribution in [3.63, 3.8) is 0 Å². The third-order valence-corrected chi connectivity index (χ3v) is 17.8. The van der Waals surface area contributed by atoms with Gasteiger partial charge < -0.3 is 4.74 Å². The van der Waals surface area contributed by atoms with Gasteiger partial charge >= 0.3 is 0 Å². The fourth-order valence-corrected chi connectivity index (χ4v) is 12.2. The second kappa shape index (κ2) is 9.00. The lowest BCUT2D eigenvalue weighted by Crippen LogP contribution is -2.53. The Labute approximate surface area is 151 Å². The van der Waals surface area contributed by atoms with Crippen molar-refractivity contribution in [2.24, 2.45) is 0 Å². The molecule has 1 rings (SSSR count). The van der Waals surface area contributed by atoms with Crippen molar-refractivity contribution in [3.05, 3.63) is 17.7 Å². The molecule has 0 radical (unpaired) electrons. The van der Waals surface area contributed by atoms with E-state index in [0.717, 1.165) is 17.6 Å². The van der Waals surface area contributed by atoms with Crippen LogP contribution in [0.25, 0.3) is 0 Å². The average Bonchev–Trinajstić information content (AvgIpc) is 2.65. The van der Waals surface area contributed by atoms with E-state index in [4.69, 9.17) is 4.74 Å². The number of methoxy groups -OCH3 is 1. The van der Waals surface area contributed by atoms with Gasteiger partial charge in [-0.15, -0.1) is 0 Å². The highest BCUT2D eigenvalue weighted by molar-refractivity contribution is 6.95. The van der Waals surface area contributed by atoms with Crippen molar-refractivity contribution >= 4 is 32.8 Å². The largest absolute Gasteiger partial charge is 0.497 e. The molecule has 2 nitrogen and oxygen atoms in total. The van der Waals surface area contributed by atoms with Crippen LogP contribution in [0.5, 0.6) is 5.75 Å². The van der Waals surface area contributed by atoms with Crippen LogP contribution in [0.4, 0.5) is 0 Å². The van der Waals surface area contributed by atoms with Crippen molar-refractivity contribution in [1.82, 2.24) is 0 Å². The van der Waals surface area contributed by atoms with E-state index in [0.29, 0.717) is 0 Å². The summed E-state index contributed by atoms with van der Waals surface area (Å²) >= 11 is 0. The molecule has 0 unspecified atom stereocenters. The van der Waals surface area contributed by atoms with Gasteiger partial charge in [0.25, 0.3) is 0 Å². The summed E-state index contributed by atoms with van der Waals surface area (Å²) in [6.45, 7) is 13.9. The summed E-state index contributed by atoms with van der Waals surface area (Å²) in [7, 11) is -1.41. The van der Waals surface area contributed by atoms with Crippen LogP contribution >= 0.6 is 0 Å². The number of ether oxygens (including phenoxy) is 1. The second-order valence-electron chi connectivity index (χ2n) is 6.95. The first-order valence-electron chi connectivity index (χ1n) is 9.66. The van der Waals surface area contributed by atoms with Gasteiger partial charge in [-0.1, -0.05) is 77.8 Å². The maximum atomic E-state index is 11.7. The van der Waals surface area contributed by atoms with Gasteiger partial charge in [0.2, 0.25) is 0 Å². The number of hydrogen-bond donors (Lipinski definition) is 0. The van der Waals surface area contributed by atoms with Crippen LogP contribution in [-0.4, -0.2) is 29.5 Å². The average molecular weight is 365 g/mol. The molecule has 0 saturated heterocycles. The SMILES string of the molecule is CC[Si](CC)(CC)c1cc(C=O)cc([Si](CC)(CC)CC)c1OC. The molecule has 0 amide bonds. The van der Waals surface area contributed by atoms with E-state index in [-0.39, 0.29) is 0 Å². The predicted molar refractivity (Wildman–Crippen MR) is 112 cm³/mol. The Morgan fingerprint density at radius 2 is 1.12 bits per heavy atom. The molecule has 0 aliphatic heterocycles. The molecular formula is C20H36O2Si2. The Kier molecular flexibility index (Phi) is 7.94. The Morgan fingerprint density at radius 1 is 0.792 bits per heavy atom. The molecule has 0 fully saturated rings. The molecule has 0 N–H and O–H groups in total. The first-order valence-corrected chi connectivity index (χ1v) is 14.9. The second-order valence-corrected chi connectivity index (χ2v) is 17.4. The Morgan fingerprint density at radius 3 is 1.33 bits per heavy atom. The smallest absolute Gasteiger partial charge is 0.150 e. The van der Waals surface area contributed by atoms with Crippen molar-refractivity contribution in [2.45, 2.75) is 77.8 Å². The summed E-state index contributed by atoms with van der Waals surface area (Å²) < 4.78 is 6.05. The lowest BCUT2D eigenvalue weighted by atomic mass is 10.2. The number of aldehydes is 1. The number of carbonyl (C=O) groups excluding carboxylic acids is 1. The first kappa shape index (κ1) is 21.2. The zero-order valence-corrected chi connectivity index (χ0v) is 18.8. The van der Waals surface area contributed by atoms with E-state index < -0.39 is 16.1 Å². The van der Waals surface area contributed by atoms with Crippen LogP contribution in [0.1, 0.15) is 51.9 Å². The summed E-state index contributed by atoms with van der Waals surface area (Å²) in [5.74, 6) is 1.13. The topological polar surface area (TPSA) is 26.3 Å². The number of benzene rings is 1. The third-order valence-electron chi connectivity index (χ3n) is 6.65. The third kappa shape index (κ3) is 3.54. The van der Waals surface area contributed by atoms with Crippen LogP contribution in [0.3, 0.4) is 0 Å². The van der Waals surface area contributed by atoms with Crippen molar-refractivity contribution in [2.75, 3.05) is 7.11 Å². The van der Waals surface area contributed by atoms with Crippen LogP contribution in [0.2, 0.25) is 36.3 Å². The van der Waals surface area contributed by atoms with Gasteiger partial charge in [-0.3, -0.25) is 4.79 Å². The Hall–Kier alpha value is -0.876. The van der Waals surface area contributed by atoms with E-state index >= 15 is 0 Å². The van der Waals surface area contributed by atoms with Gasteiger partial charge in [-0.25, -0.2) is 0 Å². The first-order chi connectivity index (χ1) is 11.5. The summed E-state index contributed by atoms with van der Waals surface area (Å²) in [6, 6.07) is 11.5. The predicted octanol–water partition coefficient (Wildman–Crippen LogP) is 4.94. The molecule has 0 aliphatic carbocycles. The quantitative estimate of drug-likeness (QED) is 0.434. The van der Waals surface area contributed by atoms with Crippen LogP contribution in [-0.2, 0) is 0 Å². The molecule has 0 heterocycles. The van der Waals surface area contributed by atoms with Crippen LogP contribution in [0.15, 0.2) is 12.1 Å². The van der Waals surface area contributed by atoms with E-state index in [1.807, 2.05) is 7.11 Å². The Bertz CT molecular complexity index is 489. The summed E-state index contributed by atoms with van der Waals surface area (Å²) in [5.41, 5.74) is 0.847. The van der Waals surface area contributed by atoms with E-state index in [2.05, 4.69) is 53.7 Å². The zero-order chi connectivity index (χ0) is 18.4. The number of hydrogen-bond acceptors (Lipinski definition) is 2. The van der Waals surface area contributed by atoms with Crippen molar-refractivity contribution < 1.29 is 9.53 Å². The van der Waals surface area contributed by atoms with Gasteiger partial charge in [0.15, 0.2) is 0 Å². The molecule has 0 aliphatic rings. The van der Waals surface area contributed by atoms with Crippen LogP contribution < -0.4 is 15.1 Å². The van der Waals surface area contributed by atoms with Gasteiger partial charge in [-0.05, 0) is 22.5 Å². The van der Waals surface area contributed by atoms with Gasteiger partial charge in [0, 0.05) is 5.56 Å². The summed E-state index contributed by atoms with van der Waals surface area (Å²) in [5, 5.41) is 2.79. The summed E-state index contributed by atoms with van der Waals surface area (Å²) in [4.78, 5) is 11.7. The fourth-order valence-electron chi connectivity index (χ4n) is 4.37. The highest BCUT2D eigenvalue weighted by Crippen LogP contribution is 2.29. The Balaban J connectivity index is 3.86. The molecule has 1 aromatic carbocycles. The number of carbonyl (C=O) groups is 1. The highest BCUT2D eigenvalue weighted by atomic mass is 28.3. The minimum absolute atomic E-state index is 0.847. The van der Waals surface area contributed by atoms with E-state index in [1.54, 1.807) is 0 Å². The minimum Gasteiger partial charge on any atom is -0.497 e. The minimum atomic E-state index is -1.62. The molecule has 0 atom stereocenters. The fraction of sp³-hybridized carbons (Fsp3) is 0.650. The normalized spacial score (nSPS) is 12.3. The molecule has 0 saturated carbocycles. The van der Waals surface area contributed by atoms with Crippen LogP contribution in [0, 0.1) is 0 Å². The van der Waals surface area contributed by atoms with Gasteiger partial charge in [0.1, 0.15) is 12.0 Å². The summed E-state index contributed by atoms with van der Waals surface area (Å²) in [6.07, 6.45) is 1.03.